The number of benzene rings is 2. The van der Waals surface area contributed by atoms with Crippen molar-refractivity contribution in [3.8, 4) is 5.75 Å². The van der Waals surface area contributed by atoms with Gasteiger partial charge in [0.1, 0.15) is 5.75 Å². The van der Waals surface area contributed by atoms with Gasteiger partial charge in [0.05, 0.1) is 12.6 Å². The quantitative estimate of drug-likeness (QED) is 0.647. The predicted molar refractivity (Wildman–Crippen MR) is 85.7 cm³/mol. The number of nitrogens with two attached hydrogens (primary N) is 1. The van der Waals surface area contributed by atoms with Crippen LogP contribution in [0.15, 0.2) is 46.9 Å². The molecule has 4 heteroatoms. The Hall–Kier alpha value is -1.36. The number of ether oxygens (including phenoxy) is 1. The highest BCUT2D eigenvalue weighted by Gasteiger charge is 2.15. The van der Waals surface area contributed by atoms with Crippen LogP contribution < -0.4 is 16.0 Å². The number of aryl methyl sites for hydroxylation is 1. The molecule has 20 heavy (non-hydrogen) atoms. The fourth-order valence-electron chi connectivity index (χ4n) is 2.17. The molecule has 0 aliphatic carbocycles. The summed E-state index contributed by atoms with van der Waals surface area (Å²) < 4.78 is 6.50. The van der Waals surface area contributed by atoms with Gasteiger partial charge >= 0.3 is 0 Å². The molecule has 1 unspecified atom stereocenters. The molecule has 3 N–H and O–H groups in total. The molecule has 3 nitrogen and oxygen atoms in total. The lowest BCUT2D eigenvalue weighted by atomic mass is 9.98. The summed E-state index contributed by atoms with van der Waals surface area (Å²) in [5, 5.41) is 0. The lowest BCUT2D eigenvalue weighted by Gasteiger charge is -2.19. The van der Waals surface area contributed by atoms with E-state index in [4.69, 9.17) is 10.6 Å². The van der Waals surface area contributed by atoms with E-state index in [1.165, 1.54) is 5.56 Å². The van der Waals surface area contributed by atoms with Crippen molar-refractivity contribution in [1.29, 1.82) is 0 Å². The number of nitrogens with one attached hydrogen (secondary N) is 1. The molecule has 2 aromatic rings. The number of halogens is 1. The molecule has 0 saturated carbocycles. The Kier molecular flexibility index (Phi) is 5.17. The fraction of sp³-hybridized carbons (Fsp3) is 0.250. The van der Waals surface area contributed by atoms with Gasteiger partial charge in [0.15, 0.2) is 0 Å². The summed E-state index contributed by atoms with van der Waals surface area (Å²) in [5.41, 5.74) is 6.31. The van der Waals surface area contributed by atoms with Crippen LogP contribution in [0, 0.1) is 6.92 Å². The van der Waals surface area contributed by atoms with Crippen molar-refractivity contribution in [2.45, 2.75) is 19.9 Å². The first-order chi connectivity index (χ1) is 9.65. The van der Waals surface area contributed by atoms with Crippen molar-refractivity contribution >= 4 is 15.9 Å². The van der Waals surface area contributed by atoms with E-state index in [0.29, 0.717) is 6.61 Å². The van der Waals surface area contributed by atoms with E-state index >= 15 is 0 Å². The van der Waals surface area contributed by atoms with Gasteiger partial charge in [-0.3, -0.25) is 5.84 Å². The van der Waals surface area contributed by atoms with Crippen molar-refractivity contribution in [2.24, 2.45) is 5.84 Å². The third-order valence-corrected chi connectivity index (χ3v) is 3.88. The van der Waals surface area contributed by atoms with Gasteiger partial charge in [0.2, 0.25) is 0 Å². The Morgan fingerprint density at radius 2 is 1.90 bits per heavy atom. The highest BCUT2D eigenvalue weighted by Crippen LogP contribution is 2.29. The van der Waals surface area contributed by atoms with Gasteiger partial charge in [-0.25, -0.2) is 5.43 Å². The van der Waals surface area contributed by atoms with Gasteiger partial charge in [-0.15, -0.1) is 0 Å². The molecule has 0 spiro atoms. The van der Waals surface area contributed by atoms with Crippen LogP contribution in [0.1, 0.15) is 29.7 Å². The molecule has 0 saturated heterocycles. The zero-order chi connectivity index (χ0) is 14.5. The summed E-state index contributed by atoms with van der Waals surface area (Å²) in [6.45, 7) is 4.71. The van der Waals surface area contributed by atoms with Crippen LogP contribution >= 0.6 is 15.9 Å². The molecule has 0 radical (unpaired) electrons. The first kappa shape index (κ1) is 15.0. The lowest BCUT2D eigenvalue weighted by molar-refractivity contribution is 0.340. The third kappa shape index (κ3) is 3.39. The van der Waals surface area contributed by atoms with Crippen molar-refractivity contribution in [1.82, 2.24) is 5.43 Å². The molecular formula is C16H19BrN2O. The molecule has 0 fully saturated rings. The maximum atomic E-state index is 5.75. The van der Waals surface area contributed by atoms with Crippen LogP contribution in [0.3, 0.4) is 0 Å². The van der Waals surface area contributed by atoms with Crippen molar-refractivity contribution in [3.63, 3.8) is 0 Å². The standard InChI is InChI=1S/C16H19BrN2O/c1-3-20-13-7-5-12(6-8-13)16(19-18)14-10-11(2)4-9-15(14)17/h4-10,16,19H,3,18H2,1-2H3. The van der Waals surface area contributed by atoms with E-state index in [2.05, 4.69) is 40.4 Å². The van der Waals surface area contributed by atoms with E-state index in [1.807, 2.05) is 37.3 Å². The summed E-state index contributed by atoms with van der Waals surface area (Å²) >= 11 is 3.59. The SMILES string of the molecule is CCOc1ccc(C(NN)c2cc(C)ccc2Br)cc1. The molecule has 0 bridgehead atoms. The van der Waals surface area contributed by atoms with E-state index < -0.39 is 0 Å². The van der Waals surface area contributed by atoms with Crippen LogP contribution in [-0.2, 0) is 0 Å². The molecule has 106 valence electrons. The molecule has 0 amide bonds. The highest BCUT2D eigenvalue weighted by atomic mass is 79.9. The van der Waals surface area contributed by atoms with E-state index in [-0.39, 0.29) is 6.04 Å². The third-order valence-electron chi connectivity index (χ3n) is 3.15. The van der Waals surface area contributed by atoms with Gasteiger partial charge in [-0.2, -0.15) is 0 Å². The molecule has 2 aromatic carbocycles. The predicted octanol–water partition coefficient (Wildman–Crippen LogP) is 3.71. The van der Waals surface area contributed by atoms with Crippen LogP contribution in [0.2, 0.25) is 0 Å². The van der Waals surface area contributed by atoms with Crippen molar-refractivity contribution in [3.05, 3.63) is 63.6 Å². The summed E-state index contributed by atoms with van der Waals surface area (Å²) in [4.78, 5) is 0. The second kappa shape index (κ2) is 6.88. The van der Waals surface area contributed by atoms with Crippen LogP contribution in [0.25, 0.3) is 0 Å². The lowest BCUT2D eigenvalue weighted by Crippen LogP contribution is -2.29. The minimum atomic E-state index is -0.0556. The van der Waals surface area contributed by atoms with Gasteiger partial charge in [0.25, 0.3) is 0 Å². The van der Waals surface area contributed by atoms with Crippen LogP contribution in [0.5, 0.6) is 5.75 Å². The second-order valence-electron chi connectivity index (χ2n) is 4.63. The number of hydrogen-bond acceptors (Lipinski definition) is 3. The Balaban J connectivity index is 2.34. The first-order valence-corrected chi connectivity index (χ1v) is 7.40. The first-order valence-electron chi connectivity index (χ1n) is 6.60. The largest absolute Gasteiger partial charge is 0.494 e. The summed E-state index contributed by atoms with van der Waals surface area (Å²) in [7, 11) is 0. The topological polar surface area (TPSA) is 47.3 Å². The van der Waals surface area contributed by atoms with Gasteiger partial charge in [0, 0.05) is 4.47 Å². The van der Waals surface area contributed by atoms with E-state index in [0.717, 1.165) is 21.3 Å². The molecule has 0 aliphatic heterocycles. The Morgan fingerprint density at radius 1 is 1.20 bits per heavy atom. The smallest absolute Gasteiger partial charge is 0.119 e. The Labute approximate surface area is 128 Å². The number of hydrogen-bond donors (Lipinski definition) is 2. The molecule has 0 aromatic heterocycles. The summed E-state index contributed by atoms with van der Waals surface area (Å²) in [6.07, 6.45) is 0. The number of rotatable bonds is 5. The zero-order valence-electron chi connectivity index (χ0n) is 11.7. The highest BCUT2D eigenvalue weighted by molar-refractivity contribution is 9.10. The van der Waals surface area contributed by atoms with E-state index in [9.17, 15) is 0 Å². The average Bonchev–Trinajstić information content (AvgIpc) is 2.45. The maximum absolute atomic E-state index is 5.75. The monoisotopic (exact) mass is 334 g/mol. The van der Waals surface area contributed by atoms with Gasteiger partial charge in [-0.1, -0.05) is 45.8 Å². The average molecular weight is 335 g/mol. The molecule has 0 aliphatic rings. The maximum Gasteiger partial charge on any atom is 0.119 e. The minimum Gasteiger partial charge on any atom is -0.494 e. The second-order valence-corrected chi connectivity index (χ2v) is 5.48. The Morgan fingerprint density at radius 3 is 2.50 bits per heavy atom. The minimum absolute atomic E-state index is 0.0556. The van der Waals surface area contributed by atoms with Gasteiger partial charge in [-0.05, 0) is 43.2 Å². The summed E-state index contributed by atoms with van der Waals surface area (Å²) in [6, 6.07) is 14.2. The van der Waals surface area contributed by atoms with Gasteiger partial charge < -0.3 is 4.74 Å². The molecule has 1 atom stereocenters. The van der Waals surface area contributed by atoms with Crippen molar-refractivity contribution in [2.75, 3.05) is 6.61 Å². The summed E-state index contributed by atoms with van der Waals surface area (Å²) in [5.74, 6) is 6.62. The van der Waals surface area contributed by atoms with Crippen molar-refractivity contribution < 1.29 is 4.74 Å². The van der Waals surface area contributed by atoms with Crippen LogP contribution in [0.4, 0.5) is 0 Å². The van der Waals surface area contributed by atoms with Crippen LogP contribution in [-0.4, -0.2) is 6.61 Å². The number of hydrazine groups is 1. The normalized spacial score (nSPS) is 12.2. The molecular weight excluding hydrogens is 316 g/mol. The zero-order valence-corrected chi connectivity index (χ0v) is 13.3. The Bertz CT molecular complexity index is 569. The molecule has 2 rings (SSSR count). The van der Waals surface area contributed by atoms with E-state index in [1.54, 1.807) is 0 Å². The fourth-order valence-corrected chi connectivity index (χ4v) is 2.65. The molecule has 0 heterocycles.